The van der Waals surface area contributed by atoms with Gasteiger partial charge in [0.15, 0.2) is 12.6 Å². The summed E-state index contributed by atoms with van der Waals surface area (Å²) in [6.07, 6.45) is 72.8. The molecule has 0 saturated carbocycles. The highest BCUT2D eigenvalue weighted by atomic mass is 16.7. The van der Waals surface area contributed by atoms with E-state index in [0.29, 0.717) is 6.42 Å². The van der Waals surface area contributed by atoms with Crippen molar-refractivity contribution in [1.29, 1.82) is 0 Å². The largest absolute Gasteiger partial charge is 0.394 e. The highest BCUT2D eigenvalue weighted by Gasteiger charge is 2.51. The van der Waals surface area contributed by atoms with Gasteiger partial charge in [0.05, 0.1) is 32.0 Å². The van der Waals surface area contributed by atoms with E-state index in [4.69, 9.17) is 18.9 Å². The molecule has 12 atom stereocenters. The molecule has 0 aromatic carbocycles. The number of rotatable bonds is 61. The van der Waals surface area contributed by atoms with E-state index in [2.05, 4.69) is 116 Å². The van der Waals surface area contributed by atoms with Crippen molar-refractivity contribution in [1.82, 2.24) is 5.32 Å². The molecule has 9 N–H and O–H groups in total. The van der Waals surface area contributed by atoms with Gasteiger partial charge in [0.2, 0.25) is 5.91 Å². The van der Waals surface area contributed by atoms with Crippen LogP contribution in [-0.2, 0) is 23.7 Å². The molecule has 93 heavy (non-hydrogen) atoms. The van der Waals surface area contributed by atoms with Crippen molar-refractivity contribution >= 4 is 5.91 Å². The number of amides is 1. The van der Waals surface area contributed by atoms with Gasteiger partial charge in [-0.3, -0.25) is 4.79 Å². The molecule has 2 aliphatic heterocycles. The maximum atomic E-state index is 13.4. The predicted molar refractivity (Wildman–Crippen MR) is 382 cm³/mol. The molecule has 0 radical (unpaired) electrons. The second-order valence-corrected chi connectivity index (χ2v) is 26.0. The van der Waals surface area contributed by atoms with E-state index in [1.54, 1.807) is 6.08 Å². The van der Waals surface area contributed by atoms with Gasteiger partial charge < -0.3 is 65.1 Å². The van der Waals surface area contributed by atoms with Gasteiger partial charge in [0.1, 0.15) is 48.8 Å². The van der Waals surface area contributed by atoms with Gasteiger partial charge in [0.25, 0.3) is 0 Å². The summed E-state index contributed by atoms with van der Waals surface area (Å²) in [4.78, 5) is 13.4. The van der Waals surface area contributed by atoms with Crippen molar-refractivity contribution in [3.8, 4) is 0 Å². The summed E-state index contributed by atoms with van der Waals surface area (Å²) in [5.74, 6) is -0.243. The lowest BCUT2D eigenvalue weighted by Gasteiger charge is -2.46. The number of carbonyl (C=O) groups excluding carboxylic acids is 1. The van der Waals surface area contributed by atoms with Gasteiger partial charge in [-0.25, -0.2) is 0 Å². The lowest BCUT2D eigenvalue weighted by atomic mass is 9.97. The average Bonchev–Trinajstić information content (AvgIpc) is 0.852. The summed E-state index contributed by atoms with van der Waals surface area (Å²) in [5, 5.41) is 87.6. The Morgan fingerprint density at radius 1 is 0.398 bits per heavy atom. The quantitative estimate of drug-likeness (QED) is 0.0204. The van der Waals surface area contributed by atoms with Crippen LogP contribution in [0.1, 0.15) is 290 Å². The Morgan fingerprint density at radius 2 is 0.742 bits per heavy atom. The zero-order valence-corrected chi connectivity index (χ0v) is 58.5. The Morgan fingerprint density at radius 3 is 1.14 bits per heavy atom. The molecular weight excluding hydrogens is 1170 g/mol. The summed E-state index contributed by atoms with van der Waals surface area (Å²) >= 11 is 0. The van der Waals surface area contributed by atoms with Crippen LogP contribution in [0.3, 0.4) is 0 Å². The molecule has 2 heterocycles. The molecule has 0 bridgehead atoms. The average molecular weight is 1310 g/mol. The van der Waals surface area contributed by atoms with Gasteiger partial charge in [-0.2, -0.15) is 0 Å². The van der Waals surface area contributed by atoms with Crippen molar-refractivity contribution in [3.05, 3.63) is 109 Å². The summed E-state index contributed by atoms with van der Waals surface area (Å²) in [5.41, 5.74) is 0. The third-order valence-electron chi connectivity index (χ3n) is 17.7. The fraction of sp³-hybridized carbons (Fsp3) is 0.759. The van der Waals surface area contributed by atoms with Crippen LogP contribution < -0.4 is 5.32 Å². The van der Waals surface area contributed by atoms with Crippen LogP contribution in [0.15, 0.2) is 109 Å². The van der Waals surface area contributed by atoms with Gasteiger partial charge in [-0.15, -0.1) is 0 Å². The summed E-state index contributed by atoms with van der Waals surface area (Å²) < 4.78 is 22.9. The second-order valence-electron chi connectivity index (χ2n) is 26.0. The van der Waals surface area contributed by atoms with Crippen LogP contribution in [0.25, 0.3) is 0 Å². The first kappa shape index (κ1) is 85.7. The van der Waals surface area contributed by atoms with E-state index in [9.17, 15) is 45.6 Å². The van der Waals surface area contributed by atoms with Gasteiger partial charge in [-0.05, 0) is 83.5 Å². The summed E-state index contributed by atoms with van der Waals surface area (Å²) in [6, 6.07) is -0.923. The standard InChI is InChI=1S/C79H137NO13/c1-3-5-7-9-11-13-15-17-19-21-23-25-27-28-29-30-31-32-33-34-35-36-37-38-39-40-41-43-45-47-49-51-53-55-57-59-61-63-71(84)80-67(66-90-78-76(89)74(87)77(70(65-82)92-78)93-79-75(88)73(86)72(85)69(64-81)91-79)68(83)62-60-58-56-54-52-50-48-46-44-42-26-24-22-20-18-16-14-12-10-8-6-4-2/h5,7,11,13,17,19,23,25,28-29,31-32,34-35,37-38,60,62,67-70,72-79,81-83,85-89H,3-4,6,8-10,12,14-16,18,20-22,24,26-27,30,33,36,39-59,61,63-66H2,1-2H3,(H,80,84)/b7-5-,13-11-,19-17-,25-23-,29-28-,32-31-,35-34-,38-37-,62-60+. The molecule has 0 aliphatic carbocycles. The van der Waals surface area contributed by atoms with Crippen molar-refractivity contribution in [2.75, 3.05) is 19.8 Å². The zero-order chi connectivity index (χ0) is 67.3. The van der Waals surface area contributed by atoms with E-state index < -0.39 is 86.8 Å². The second kappa shape index (κ2) is 62.2. The Balaban J connectivity index is 1.64. The first-order valence-electron chi connectivity index (χ1n) is 37.6. The Labute approximate surface area is 566 Å². The minimum absolute atomic E-state index is 0.243. The van der Waals surface area contributed by atoms with Gasteiger partial charge in [-0.1, -0.05) is 309 Å². The minimum atomic E-state index is -1.79. The molecule has 2 saturated heterocycles. The Hall–Kier alpha value is -3.35. The van der Waals surface area contributed by atoms with Crippen LogP contribution in [0.2, 0.25) is 0 Å². The Bertz CT molecular complexity index is 1980. The number of carbonyl (C=O) groups is 1. The molecule has 0 aromatic heterocycles. The molecule has 2 rings (SSSR count). The monoisotopic (exact) mass is 1310 g/mol. The SMILES string of the molecule is CC/C=C\C/C=C\C/C=C\C/C=C\C/C=C\C/C=C\C/C=C\C/C=C\CCCCCCCCCCCCCCC(=O)NC(COC1OC(CO)C(OC2OC(CO)C(O)C(O)C2O)C(O)C1O)C(O)/C=C/CCCCCCCCCCCCCCCCCCCCCC. The minimum Gasteiger partial charge on any atom is -0.394 e. The molecular formula is C79H137NO13. The first-order chi connectivity index (χ1) is 45.6. The third kappa shape index (κ3) is 45.7. The number of unbranched alkanes of at least 4 members (excludes halogenated alkanes) is 32. The molecule has 536 valence electrons. The van der Waals surface area contributed by atoms with Crippen LogP contribution in [0.5, 0.6) is 0 Å². The molecule has 0 spiro atoms. The lowest BCUT2D eigenvalue weighted by molar-refractivity contribution is -0.359. The first-order valence-corrected chi connectivity index (χ1v) is 37.6. The summed E-state index contributed by atoms with van der Waals surface area (Å²) in [7, 11) is 0. The van der Waals surface area contributed by atoms with Gasteiger partial charge >= 0.3 is 0 Å². The highest BCUT2D eigenvalue weighted by molar-refractivity contribution is 5.76. The van der Waals surface area contributed by atoms with Crippen LogP contribution in [0.4, 0.5) is 0 Å². The van der Waals surface area contributed by atoms with Crippen molar-refractivity contribution in [2.45, 2.75) is 364 Å². The maximum Gasteiger partial charge on any atom is 0.220 e. The zero-order valence-electron chi connectivity index (χ0n) is 58.5. The lowest BCUT2D eigenvalue weighted by Crippen LogP contribution is -2.65. The maximum absolute atomic E-state index is 13.4. The van der Waals surface area contributed by atoms with E-state index in [1.165, 1.54) is 167 Å². The number of nitrogens with one attached hydrogen (secondary N) is 1. The third-order valence-corrected chi connectivity index (χ3v) is 17.7. The van der Waals surface area contributed by atoms with E-state index in [-0.39, 0.29) is 18.9 Å². The van der Waals surface area contributed by atoms with E-state index in [1.807, 2.05) is 6.08 Å². The van der Waals surface area contributed by atoms with Crippen molar-refractivity contribution in [3.63, 3.8) is 0 Å². The number of ether oxygens (including phenoxy) is 4. The number of allylic oxidation sites excluding steroid dienone is 17. The number of aliphatic hydroxyl groups excluding tert-OH is 8. The number of aliphatic hydroxyl groups is 8. The van der Waals surface area contributed by atoms with Crippen LogP contribution >= 0.6 is 0 Å². The van der Waals surface area contributed by atoms with Gasteiger partial charge in [0, 0.05) is 6.42 Å². The van der Waals surface area contributed by atoms with Crippen molar-refractivity contribution in [2.24, 2.45) is 0 Å². The molecule has 0 aromatic rings. The molecule has 2 aliphatic rings. The summed E-state index contributed by atoms with van der Waals surface area (Å²) in [6.45, 7) is 2.71. The molecule has 1 amide bonds. The topological polar surface area (TPSA) is 228 Å². The fourth-order valence-electron chi connectivity index (χ4n) is 11.8. The number of hydrogen-bond donors (Lipinski definition) is 9. The van der Waals surface area contributed by atoms with Crippen molar-refractivity contribution < 1.29 is 64.6 Å². The molecule has 14 nitrogen and oxygen atoms in total. The Kier molecular flexibility index (Phi) is 57.3. The normalized spacial score (nSPS) is 23.2. The smallest absolute Gasteiger partial charge is 0.220 e. The molecule has 2 fully saturated rings. The van der Waals surface area contributed by atoms with E-state index >= 15 is 0 Å². The number of hydrogen-bond acceptors (Lipinski definition) is 13. The molecule has 12 unspecified atom stereocenters. The predicted octanol–water partition coefficient (Wildman–Crippen LogP) is 16.3. The van der Waals surface area contributed by atoms with Crippen LogP contribution in [0, 0.1) is 0 Å². The van der Waals surface area contributed by atoms with Crippen LogP contribution in [-0.4, -0.2) is 140 Å². The highest BCUT2D eigenvalue weighted by Crippen LogP contribution is 2.30. The molecule has 14 heteroatoms. The fourth-order valence-corrected chi connectivity index (χ4v) is 11.8. The van der Waals surface area contributed by atoms with E-state index in [0.717, 1.165) is 96.3 Å².